The van der Waals surface area contributed by atoms with Crippen LogP contribution in [-0.2, 0) is 5.41 Å². The van der Waals surface area contributed by atoms with E-state index in [0.29, 0.717) is 0 Å². The molecule has 0 aliphatic heterocycles. The van der Waals surface area contributed by atoms with Crippen LogP contribution in [0, 0.1) is 0 Å². The molecule has 63 heavy (non-hydrogen) atoms. The first kappa shape index (κ1) is 36.6. The van der Waals surface area contributed by atoms with Crippen molar-refractivity contribution in [3.05, 3.63) is 271 Å². The first-order valence-corrected chi connectivity index (χ1v) is 21.7. The molecule has 0 fully saturated rings. The molecular formula is C61H41NO. The van der Waals surface area contributed by atoms with E-state index in [1.54, 1.807) is 0 Å². The van der Waals surface area contributed by atoms with Gasteiger partial charge in [-0.2, -0.15) is 0 Å². The van der Waals surface area contributed by atoms with Crippen LogP contribution in [0.5, 0.6) is 0 Å². The molecule has 0 bridgehead atoms. The second kappa shape index (κ2) is 15.1. The van der Waals surface area contributed by atoms with E-state index in [9.17, 15) is 0 Å². The number of nitrogens with zero attached hydrogens (tertiary/aromatic N) is 1. The van der Waals surface area contributed by atoms with E-state index in [0.717, 1.165) is 61.3 Å². The number of benzene rings is 10. The van der Waals surface area contributed by atoms with E-state index >= 15 is 0 Å². The predicted octanol–water partition coefficient (Wildman–Crippen LogP) is 16.4. The van der Waals surface area contributed by atoms with Crippen molar-refractivity contribution in [2.24, 2.45) is 0 Å². The van der Waals surface area contributed by atoms with Crippen molar-refractivity contribution in [2.75, 3.05) is 4.90 Å². The van der Waals surface area contributed by atoms with Crippen LogP contribution in [0.15, 0.2) is 253 Å². The van der Waals surface area contributed by atoms with Gasteiger partial charge in [-0.15, -0.1) is 0 Å². The average Bonchev–Trinajstić information content (AvgIpc) is 3.89. The summed E-state index contributed by atoms with van der Waals surface area (Å²) in [6, 6.07) is 90.4. The van der Waals surface area contributed by atoms with Crippen LogP contribution in [0.2, 0.25) is 0 Å². The van der Waals surface area contributed by atoms with E-state index < -0.39 is 5.41 Å². The zero-order chi connectivity index (χ0) is 41.7. The topological polar surface area (TPSA) is 16.4 Å². The largest absolute Gasteiger partial charge is 0.456 e. The van der Waals surface area contributed by atoms with Gasteiger partial charge < -0.3 is 9.32 Å². The summed E-state index contributed by atoms with van der Waals surface area (Å²) in [4.78, 5) is 2.42. The second-order valence-electron chi connectivity index (χ2n) is 16.4. The highest BCUT2D eigenvalue weighted by molar-refractivity contribution is 6.06. The maximum atomic E-state index is 6.23. The highest BCUT2D eigenvalue weighted by Crippen LogP contribution is 2.56. The Morgan fingerprint density at radius 3 is 1.46 bits per heavy atom. The molecule has 0 N–H and O–H groups in total. The summed E-state index contributed by atoms with van der Waals surface area (Å²) in [5.74, 6) is 0. The van der Waals surface area contributed by atoms with Crippen molar-refractivity contribution in [2.45, 2.75) is 5.41 Å². The molecule has 2 nitrogen and oxygen atoms in total. The van der Waals surface area contributed by atoms with Gasteiger partial charge >= 0.3 is 0 Å². The van der Waals surface area contributed by atoms with E-state index in [1.165, 1.54) is 44.5 Å². The van der Waals surface area contributed by atoms with Gasteiger partial charge in [-0.1, -0.05) is 188 Å². The highest BCUT2D eigenvalue weighted by Gasteiger charge is 2.45. The number of hydrogen-bond acceptors (Lipinski definition) is 2. The molecule has 0 saturated heterocycles. The Balaban J connectivity index is 1.06. The highest BCUT2D eigenvalue weighted by atomic mass is 16.3. The standard InChI is InChI=1S/C61H41NO/c1-4-17-42(18-5-1)46-37-47(43-19-6-2-7-20-43)40-52(39-46)62(51-24-16-21-44(38-51)45-31-36-60-56(41-45)55-27-12-15-30-59(55)63-60)50-34-32-49(33-35-50)61(48-22-8-3-9-23-48)57-28-13-10-25-53(57)54-26-11-14-29-58(54)61/h1-41H. The third-order valence-corrected chi connectivity index (χ3v) is 12.9. The first-order chi connectivity index (χ1) is 31.2. The minimum Gasteiger partial charge on any atom is -0.456 e. The smallest absolute Gasteiger partial charge is 0.135 e. The summed E-state index contributed by atoms with van der Waals surface area (Å²) in [5.41, 5.74) is 19.1. The molecule has 10 aromatic carbocycles. The molecule has 0 radical (unpaired) electrons. The van der Waals surface area contributed by atoms with E-state index in [4.69, 9.17) is 4.42 Å². The lowest BCUT2D eigenvalue weighted by Gasteiger charge is -2.34. The minimum atomic E-state index is -0.485. The van der Waals surface area contributed by atoms with Crippen molar-refractivity contribution in [3.8, 4) is 44.5 Å². The van der Waals surface area contributed by atoms with E-state index in [2.05, 4.69) is 241 Å². The van der Waals surface area contributed by atoms with Crippen LogP contribution >= 0.6 is 0 Å². The first-order valence-electron chi connectivity index (χ1n) is 21.7. The molecule has 0 amide bonds. The van der Waals surface area contributed by atoms with Crippen LogP contribution in [-0.4, -0.2) is 0 Å². The lowest BCUT2D eigenvalue weighted by Crippen LogP contribution is -2.28. The van der Waals surface area contributed by atoms with Crippen molar-refractivity contribution < 1.29 is 4.42 Å². The monoisotopic (exact) mass is 803 g/mol. The molecule has 0 spiro atoms. The summed E-state index contributed by atoms with van der Waals surface area (Å²) in [5, 5.41) is 2.24. The minimum absolute atomic E-state index is 0.485. The zero-order valence-corrected chi connectivity index (χ0v) is 34.5. The van der Waals surface area contributed by atoms with Crippen molar-refractivity contribution in [3.63, 3.8) is 0 Å². The fraction of sp³-hybridized carbons (Fsp3) is 0.0164. The molecule has 2 heteroatoms. The van der Waals surface area contributed by atoms with Crippen LogP contribution in [0.4, 0.5) is 17.1 Å². The zero-order valence-electron chi connectivity index (χ0n) is 34.5. The van der Waals surface area contributed by atoms with Crippen LogP contribution in [0.1, 0.15) is 22.3 Å². The number of para-hydroxylation sites is 1. The molecule has 12 rings (SSSR count). The molecule has 11 aromatic rings. The second-order valence-corrected chi connectivity index (χ2v) is 16.4. The number of furan rings is 1. The molecule has 0 unspecified atom stereocenters. The molecule has 0 atom stereocenters. The van der Waals surface area contributed by atoms with Crippen LogP contribution in [0.3, 0.4) is 0 Å². The predicted molar refractivity (Wildman–Crippen MR) is 262 cm³/mol. The maximum Gasteiger partial charge on any atom is 0.135 e. The Kier molecular flexibility index (Phi) is 8.76. The normalized spacial score (nSPS) is 12.6. The number of rotatable bonds is 8. The number of hydrogen-bond donors (Lipinski definition) is 0. The molecule has 296 valence electrons. The molecule has 1 aromatic heterocycles. The number of anilines is 3. The lowest BCUT2D eigenvalue weighted by molar-refractivity contribution is 0.669. The van der Waals surface area contributed by atoms with E-state index in [1.807, 2.05) is 12.1 Å². The van der Waals surface area contributed by atoms with Gasteiger partial charge in [0.15, 0.2) is 0 Å². The van der Waals surface area contributed by atoms with Gasteiger partial charge in [0.1, 0.15) is 11.2 Å². The van der Waals surface area contributed by atoms with Gasteiger partial charge in [0.05, 0.1) is 5.41 Å². The summed E-state index contributed by atoms with van der Waals surface area (Å²) < 4.78 is 6.23. The van der Waals surface area contributed by atoms with Crippen LogP contribution in [0.25, 0.3) is 66.4 Å². The van der Waals surface area contributed by atoms with Gasteiger partial charge in [-0.05, 0) is 127 Å². The molecule has 1 aliphatic rings. The molecule has 1 aliphatic carbocycles. The maximum absolute atomic E-state index is 6.23. The summed E-state index contributed by atoms with van der Waals surface area (Å²) in [6.45, 7) is 0. The Morgan fingerprint density at radius 2 is 0.794 bits per heavy atom. The molecule has 0 saturated carbocycles. The number of fused-ring (bicyclic) bond motifs is 6. The SMILES string of the molecule is c1ccc(-c2cc(-c3ccccc3)cc(N(c3ccc(C4(c5ccccc5)c5ccccc5-c5ccccc54)cc3)c3cccc(-c4ccc5oc6ccccc6c5c4)c3)c2)cc1. The third kappa shape index (κ3) is 6.10. The average molecular weight is 804 g/mol. The van der Waals surface area contributed by atoms with Crippen molar-refractivity contribution in [1.29, 1.82) is 0 Å². The quantitative estimate of drug-likeness (QED) is 0.152. The van der Waals surface area contributed by atoms with Crippen molar-refractivity contribution in [1.82, 2.24) is 0 Å². The third-order valence-electron chi connectivity index (χ3n) is 12.9. The van der Waals surface area contributed by atoms with Gasteiger partial charge in [0, 0.05) is 27.8 Å². The fourth-order valence-corrected chi connectivity index (χ4v) is 10.1. The Morgan fingerprint density at radius 1 is 0.286 bits per heavy atom. The Hall–Kier alpha value is -8.20. The van der Waals surface area contributed by atoms with Crippen molar-refractivity contribution >= 4 is 39.0 Å². The van der Waals surface area contributed by atoms with Gasteiger partial charge in [0.2, 0.25) is 0 Å². The molecule has 1 heterocycles. The van der Waals surface area contributed by atoms with Gasteiger partial charge in [0.25, 0.3) is 0 Å². The van der Waals surface area contributed by atoms with Gasteiger partial charge in [-0.3, -0.25) is 0 Å². The molecular weight excluding hydrogens is 763 g/mol. The van der Waals surface area contributed by atoms with Gasteiger partial charge in [-0.25, -0.2) is 0 Å². The Labute approximate surface area is 367 Å². The fourth-order valence-electron chi connectivity index (χ4n) is 10.1. The Bertz CT molecular complexity index is 3340. The summed E-state index contributed by atoms with van der Waals surface area (Å²) in [6.07, 6.45) is 0. The summed E-state index contributed by atoms with van der Waals surface area (Å²) >= 11 is 0. The summed E-state index contributed by atoms with van der Waals surface area (Å²) in [7, 11) is 0. The van der Waals surface area contributed by atoms with Crippen LogP contribution < -0.4 is 4.90 Å². The van der Waals surface area contributed by atoms with E-state index in [-0.39, 0.29) is 0 Å². The lowest BCUT2D eigenvalue weighted by atomic mass is 9.68.